The molecule has 0 saturated heterocycles. The molecule has 0 saturated carbocycles. The van der Waals surface area contributed by atoms with Crippen LogP contribution in [0.25, 0.3) is 33.1 Å². The normalized spacial score (nSPS) is 13.1. The lowest BCUT2D eigenvalue weighted by atomic mass is 9.33. The van der Waals surface area contributed by atoms with Crippen molar-refractivity contribution in [3.8, 4) is 11.3 Å². The second-order valence-corrected chi connectivity index (χ2v) is 21.7. The first kappa shape index (κ1) is 43.5. The molecule has 0 radical (unpaired) electrons. The molecule has 0 bridgehead atoms. The first-order valence-electron chi connectivity index (χ1n) is 24.8. The summed E-state index contributed by atoms with van der Waals surface area (Å²) in [6, 6.07) is 70.0. The number of furan rings is 1. The summed E-state index contributed by atoms with van der Waals surface area (Å²) in [7, 11) is 0. The summed E-state index contributed by atoms with van der Waals surface area (Å²) < 4.78 is 6.30. The topological polar surface area (TPSA) is 22.9 Å². The zero-order valence-corrected chi connectivity index (χ0v) is 41.7. The van der Waals surface area contributed by atoms with Gasteiger partial charge in [-0.1, -0.05) is 145 Å². The fourth-order valence-corrected chi connectivity index (χ4v) is 11.2. The number of aryl methyl sites for hydroxylation is 3. The maximum absolute atomic E-state index is 6.30. The highest BCUT2D eigenvalue weighted by Gasteiger charge is 2.44. The average molecular weight is 908 g/mol. The first-order chi connectivity index (χ1) is 33.7. The van der Waals surface area contributed by atoms with Crippen molar-refractivity contribution in [3.63, 3.8) is 0 Å². The van der Waals surface area contributed by atoms with Crippen LogP contribution < -0.4 is 31.1 Å². The monoisotopic (exact) mass is 907 g/mol. The lowest BCUT2D eigenvalue weighted by molar-refractivity contribution is 0.590. The number of fused-ring (bicyclic) bond motifs is 6. The Morgan fingerprint density at radius 2 is 1.09 bits per heavy atom. The van der Waals surface area contributed by atoms with Gasteiger partial charge in [0.1, 0.15) is 11.3 Å². The summed E-state index contributed by atoms with van der Waals surface area (Å²) in [6.07, 6.45) is 0. The fourth-order valence-electron chi connectivity index (χ4n) is 11.2. The third kappa shape index (κ3) is 7.21. The zero-order valence-electron chi connectivity index (χ0n) is 41.7. The first-order valence-corrected chi connectivity index (χ1v) is 24.8. The highest BCUT2D eigenvalue weighted by Crippen LogP contribution is 2.48. The van der Waals surface area contributed by atoms with Gasteiger partial charge in [0.2, 0.25) is 0 Å². The summed E-state index contributed by atoms with van der Waals surface area (Å²) in [5.74, 6) is 0.877. The van der Waals surface area contributed by atoms with Crippen LogP contribution in [0.2, 0.25) is 0 Å². The molecule has 0 N–H and O–H groups in total. The van der Waals surface area contributed by atoms with Crippen LogP contribution in [0.15, 0.2) is 192 Å². The molecule has 0 aliphatic carbocycles. The van der Waals surface area contributed by atoms with Gasteiger partial charge in [-0.25, -0.2) is 0 Å². The van der Waals surface area contributed by atoms with Crippen LogP contribution in [-0.4, -0.2) is 6.71 Å². The number of hydrogen-bond acceptors (Lipinski definition) is 4. The van der Waals surface area contributed by atoms with Crippen LogP contribution in [-0.2, 0) is 10.8 Å². The van der Waals surface area contributed by atoms with Crippen LogP contribution in [0.3, 0.4) is 0 Å². The maximum Gasteiger partial charge on any atom is 0.252 e. The van der Waals surface area contributed by atoms with E-state index in [1.807, 2.05) is 12.1 Å². The predicted octanol–water partition coefficient (Wildman–Crippen LogP) is 16.3. The van der Waals surface area contributed by atoms with Gasteiger partial charge in [0.05, 0.1) is 5.69 Å². The molecule has 12 rings (SSSR count). The molecule has 2 aliphatic rings. The summed E-state index contributed by atoms with van der Waals surface area (Å²) in [6.45, 7) is 20.6. The molecule has 9 aromatic carbocycles. The Morgan fingerprint density at radius 1 is 0.443 bits per heavy atom. The van der Waals surface area contributed by atoms with Gasteiger partial charge in [-0.2, -0.15) is 0 Å². The molecule has 0 atom stereocenters. The van der Waals surface area contributed by atoms with Gasteiger partial charge >= 0.3 is 0 Å². The van der Waals surface area contributed by atoms with Gasteiger partial charge in [0.15, 0.2) is 0 Å². The Hall–Kier alpha value is -7.76. The summed E-state index contributed by atoms with van der Waals surface area (Å²) in [5.41, 5.74) is 22.8. The van der Waals surface area contributed by atoms with Crippen molar-refractivity contribution in [1.82, 2.24) is 0 Å². The lowest BCUT2D eigenvalue weighted by Gasteiger charge is -2.45. The van der Waals surface area contributed by atoms with E-state index in [0.29, 0.717) is 0 Å². The molecule has 4 nitrogen and oxygen atoms in total. The van der Waals surface area contributed by atoms with Crippen molar-refractivity contribution in [1.29, 1.82) is 0 Å². The van der Waals surface area contributed by atoms with Gasteiger partial charge < -0.3 is 19.1 Å². The van der Waals surface area contributed by atoms with Gasteiger partial charge in [0.25, 0.3) is 6.71 Å². The molecule has 0 amide bonds. The number of rotatable bonds is 6. The van der Waals surface area contributed by atoms with Crippen molar-refractivity contribution in [2.24, 2.45) is 0 Å². The molecule has 0 fully saturated rings. The highest BCUT2D eigenvalue weighted by atomic mass is 16.3. The zero-order chi connectivity index (χ0) is 48.2. The van der Waals surface area contributed by atoms with Crippen molar-refractivity contribution in [3.05, 3.63) is 216 Å². The number of anilines is 9. The largest absolute Gasteiger partial charge is 0.456 e. The molecule has 70 heavy (non-hydrogen) atoms. The van der Waals surface area contributed by atoms with E-state index in [2.05, 4.69) is 253 Å². The Labute approximate surface area is 413 Å². The van der Waals surface area contributed by atoms with Crippen LogP contribution in [0, 0.1) is 20.8 Å². The van der Waals surface area contributed by atoms with Crippen molar-refractivity contribution in [2.45, 2.75) is 73.1 Å². The van der Waals surface area contributed by atoms with Crippen LogP contribution >= 0.6 is 0 Å². The SMILES string of the molecule is Cc1cc2c3c(c1)N(c1c(C)cccc1C)c1cc(N(c4ccccc4)c4ccc5cc(-c6cc7ccccc7o6)ccc5c4)ccc1B3c1cc(C(C)(C)C)ccc1N2c1ccc(C(C)(C)C)cc1. The minimum Gasteiger partial charge on any atom is -0.456 e. The van der Waals surface area contributed by atoms with Gasteiger partial charge in [-0.15, -0.1) is 0 Å². The maximum atomic E-state index is 6.30. The average Bonchev–Trinajstić information content (AvgIpc) is 3.79. The number of hydrogen-bond donors (Lipinski definition) is 0. The molecular formula is C65H58BN3O. The Bertz CT molecular complexity index is 3630. The standard InChI is InChI=1S/C65H58BN3O/c1-41-34-58-62-59(35-41)69(63-42(2)16-15-17-43(63)3)57-40-53(31-32-54(57)66(62)55-39-49(65(7,8)9)27-33-56(55)68(58)51-29-25-48(26-30-51)64(4,5)6)67(50-19-11-10-12-20-50)52-28-24-44-36-47(23-22-45(44)37-52)61-38-46-18-13-14-21-60(46)70-61/h10-40H,1-9H3. The van der Waals surface area contributed by atoms with E-state index in [1.54, 1.807) is 0 Å². The quantitative estimate of drug-likeness (QED) is 0.155. The minimum absolute atomic E-state index is 0.00980. The Balaban J connectivity index is 1.07. The fraction of sp³-hybridized carbons (Fsp3) is 0.169. The lowest BCUT2D eigenvalue weighted by Crippen LogP contribution is -2.61. The minimum atomic E-state index is -0.0404. The van der Waals surface area contributed by atoms with Crippen molar-refractivity contribution < 1.29 is 4.42 Å². The molecule has 0 unspecified atom stereocenters. The van der Waals surface area contributed by atoms with E-state index in [-0.39, 0.29) is 17.5 Å². The van der Waals surface area contributed by atoms with Gasteiger partial charge in [-0.05, 0) is 172 Å². The number of nitrogens with zero attached hydrogens (tertiary/aromatic N) is 3. The third-order valence-electron chi connectivity index (χ3n) is 14.8. The van der Waals surface area contributed by atoms with Gasteiger partial charge in [-0.3, -0.25) is 0 Å². The Kier molecular flexibility index (Phi) is 10.1. The van der Waals surface area contributed by atoms with E-state index in [4.69, 9.17) is 4.42 Å². The third-order valence-corrected chi connectivity index (χ3v) is 14.8. The molecule has 0 spiro atoms. The highest BCUT2D eigenvalue weighted by molar-refractivity contribution is 7.00. The van der Waals surface area contributed by atoms with Crippen molar-refractivity contribution in [2.75, 3.05) is 14.7 Å². The second-order valence-electron chi connectivity index (χ2n) is 21.7. The predicted molar refractivity (Wildman–Crippen MR) is 299 cm³/mol. The number of para-hydroxylation sites is 3. The van der Waals surface area contributed by atoms with E-state index in [1.165, 1.54) is 78.3 Å². The molecule has 5 heteroatoms. The van der Waals surface area contributed by atoms with Crippen LogP contribution in [0.5, 0.6) is 0 Å². The van der Waals surface area contributed by atoms with E-state index >= 15 is 0 Å². The summed E-state index contributed by atoms with van der Waals surface area (Å²) in [4.78, 5) is 7.55. The summed E-state index contributed by atoms with van der Waals surface area (Å²) >= 11 is 0. The number of benzene rings is 9. The van der Waals surface area contributed by atoms with Crippen LogP contribution in [0.4, 0.5) is 51.2 Å². The van der Waals surface area contributed by atoms with Crippen molar-refractivity contribution >= 4 is 96.0 Å². The smallest absolute Gasteiger partial charge is 0.252 e. The molecule has 1 aromatic heterocycles. The molecule has 10 aromatic rings. The van der Waals surface area contributed by atoms with Crippen LogP contribution in [0.1, 0.15) is 69.4 Å². The second kappa shape index (κ2) is 16.2. The Morgan fingerprint density at radius 3 is 1.81 bits per heavy atom. The van der Waals surface area contributed by atoms with E-state index in [9.17, 15) is 0 Å². The van der Waals surface area contributed by atoms with E-state index in [0.717, 1.165) is 50.1 Å². The molecule has 342 valence electrons. The molecule has 2 aliphatic heterocycles. The molecule has 3 heterocycles. The molecular weight excluding hydrogens is 850 g/mol. The summed E-state index contributed by atoms with van der Waals surface area (Å²) in [5, 5.41) is 3.43. The van der Waals surface area contributed by atoms with Gasteiger partial charge in [0, 0.05) is 56.4 Å². The van der Waals surface area contributed by atoms with E-state index < -0.39 is 0 Å².